The summed E-state index contributed by atoms with van der Waals surface area (Å²) in [5.74, 6) is -0.492. The Bertz CT molecular complexity index is 714. The molecule has 0 atom stereocenters. The number of benzene rings is 2. The Morgan fingerprint density at radius 1 is 1.12 bits per heavy atom. The molecule has 1 N–H and O–H groups in total. The van der Waals surface area contributed by atoms with Crippen LogP contribution in [-0.2, 0) is 16.1 Å². The Morgan fingerprint density at radius 2 is 1.83 bits per heavy atom. The van der Waals surface area contributed by atoms with Crippen LogP contribution in [0, 0.1) is 6.92 Å². The van der Waals surface area contributed by atoms with Crippen LogP contribution in [0.1, 0.15) is 18.1 Å². The molecule has 0 fully saturated rings. The highest BCUT2D eigenvalue weighted by Crippen LogP contribution is 2.21. The summed E-state index contributed by atoms with van der Waals surface area (Å²) in [6.07, 6.45) is 0. The molecule has 0 aliphatic rings. The topological polar surface area (TPSA) is 58.6 Å². The van der Waals surface area contributed by atoms with E-state index in [4.69, 9.17) is 4.74 Å². The summed E-state index contributed by atoms with van der Waals surface area (Å²) in [6, 6.07) is 14.9. The van der Waals surface area contributed by atoms with Crippen LogP contribution in [0.15, 0.2) is 48.5 Å². The van der Waals surface area contributed by atoms with Gasteiger partial charge in [-0.3, -0.25) is 9.59 Å². The van der Waals surface area contributed by atoms with Crippen molar-refractivity contribution in [3.05, 3.63) is 59.7 Å². The van der Waals surface area contributed by atoms with Gasteiger partial charge in [-0.15, -0.1) is 0 Å². The molecule has 0 radical (unpaired) electrons. The van der Waals surface area contributed by atoms with Crippen LogP contribution < -0.4 is 10.1 Å². The first-order valence-electron chi connectivity index (χ1n) is 7.85. The highest BCUT2D eigenvalue weighted by molar-refractivity contribution is 6.39. The second-order valence-electron chi connectivity index (χ2n) is 5.51. The summed E-state index contributed by atoms with van der Waals surface area (Å²) < 4.78 is 5.41. The fraction of sp³-hybridized carbons (Fsp3) is 0.263. The van der Waals surface area contributed by atoms with Crippen LogP contribution in [0.5, 0.6) is 5.75 Å². The van der Waals surface area contributed by atoms with Gasteiger partial charge in [-0.25, -0.2) is 0 Å². The standard InChI is InChI=1S/C19H22N2O3/c1-4-24-16-10-11-17(14(2)12-16)20-18(22)19(23)21(3)13-15-8-6-5-7-9-15/h5-12H,4,13H2,1-3H3,(H,20,22). The van der Waals surface area contributed by atoms with Gasteiger partial charge < -0.3 is 15.0 Å². The lowest BCUT2D eigenvalue weighted by atomic mass is 10.2. The third-order valence-corrected chi connectivity index (χ3v) is 3.56. The zero-order valence-corrected chi connectivity index (χ0v) is 14.2. The van der Waals surface area contributed by atoms with Crippen molar-refractivity contribution >= 4 is 17.5 Å². The Hall–Kier alpha value is -2.82. The number of ether oxygens (including phenoxy) is 1. The number of rotatable bonds is 5. The predicted molar refractivity (Wildman–Crippen MR) is 93.9 cm³/mol. The molecule has 0 heterocycles. The molecule has 2 aromatic rings. The van der Waals surface area contributed by atoms with Gasteiger partial charge in [0.05, 0.1) is 6.61 Å². The monoisotopic (exact) mass is 326 g/mol. The molecule has 0 bridgehead atoms. The largest absolute Gasteiger partial charge is 0.494 e. The first kappa shape index (κ1) is 17.5. The Labute approximate surface area is 142 Å². The lowest BCUT2D eigenvalue weighted by Crippen LogP contribution is -2.36. The minimum absolute atomic E-state index is 0.384. The minimum atomic E-state index is -0.652. The number of anilines is 1. The highest BCUT2D eigenvalue weighted by atomic mass is 16.5. The van der Waals surface area contributed by atoms with Gasteiger partial charge >= 0.3 is 11.8 Å². The van der Waals surface area contributed by atoms with E-state index in [1.165, 1.54) is 4.90 Å². The van der Waals surface area contributed by atoms with E-state index in [2.05, 4.69) is 5.32 Å². The van der Waals surface area contributed by atoms with Gasteiger partial charge in [0, 0.05) is 19.3 Å². The SMILES string of the molecule is CCOc1ccc(NC(=O)C(=O)N(C)Cc2ccccc2)c(C)c1. The summed E-state index contributed by atoms with van der Waals surface area (Å²) in [4.78, 5) is 25.8. The van der Waals surface area contributed by atoms with Crippen LogP contribution in [0.2, 0.25) is 0 Å². The van der Waals surface area contributed by atoms with Gasteiger partial charge in [-0.2, -0.15) is 0 Å². The number of nitrogens with zero attached hydrogens (tertiary/aromatic N) is 1. The number of likely N-dealkylation sites (N-methyl/N-ethyl adjacent to an activating group) is 1. The van der Waals surface area contributed by atoms with Gasteiger partial charge in [0.25, 0.3) is 0 Å². The van der Waals surface area contributed by atoms with E-state index < -0.39 is 11.8 Å². The number of carbonyl (C=O) groups is 2. The molecule has 2 amide bonds. The molecule has 2 rings (SSSR count). The molecule has 5 heteroatoms. The molecule has 0 aliphatic heterocycles. The first-order valence-corrected chi connectivity index (χ1v) is 7.85. The van der Waals surface area contributed by atoms with Crippen molar-refractivity contribution < 1.29 is 14.3 Å². The molecule has 0 saturated carbocycles. The molecular formula is C19H22N2O3. The van der Waals surface area contributed by atoms with Gasteiger partial charge in [-0.1, -0.05) is 30.3 Å². The molecule has 2 aromatic carbocycles. The maximum atomic E-state index is 12.2. The van der Waals surface area contributed by atoms with Crippen LogP contribution in [0.3, 0.4) is 0 Å². The second kappa shape index (κ2) is 8.15. The lowest BCUT2D eigenvalue weighted by molar-refractivity contribution is -0.142. The van der Waals surface area contributed by atoms with Crippen molar-refractivity contribution in [1.29, 1.82) is 0 Å². The molecule has 5 nitrogen and oxygen atoms in total. The summed E-state index contributed by atoms with van der Waals surface area (Å²) >= 11 is 0. The fourth-order valence-corrected chi connectivity index (χ4v) is 2.31. The van der Waals surface area contributed by atoms with Crippen LogP contribution in [-0.4, -0.2) is 30.4 Å². The van der Waals surface area contributed by atoms with Crippen LogP contribution in [0.4, 0.5) is 5.69 Å². The van der Waals surface area contributed by atoms with Gasteiger partial charge in [0.15, 0.2) is 0 Å². The molecule has 24 heavy (non-hydrogen) atoms. The Kier molecular flexibility index (Phi) is 5.95. The molecule has 0 aromatic heterocycles. The summed E-state index contributed by atoms with van der Waals surface area (Å²) in [5.41, 5.74) is 2.41. The van der Waals surface area contributed by atoms with Crippen molar-refractivity contribution in [3.8, 4) is 5.75 Å². The van der Waals surface area contributed by atoms with Gasteiger partial charge in [-0.05, 0) is 43.2 Å². The second-order valence-corrected chi connectivity index (χ2v) is 5.51. The Balaban J connectivity index is 1.99. The minimum Gasteiger partial charge on any atom is -0.494 e. The number of hydrogen-bond donors (Lipinski definition) is 1. The molecule has 126 valence electrons. The predicted octanol–water partition coefficient (Wildman–Crippen LogP) is 2.99. The number of nitrogens with one attached hydrogen (secondary N) is 1. The first-order chi connectivity index (χ1) is 11.5. The van der Waals surface area contributed by atoms with Crippen molar-refractivity contribution in [1.82, 2.24) is 4.90 Å². The summed E-state index contributed by atoms with van der Waals surface area (Å²) in [5, 5.41) is 2.66. The maximum Gasteiger partial charge on any atom is 0.313 e. The zero-order chi connectivity index (χ0) is 17.5. The van der Waals surface area contributed by atoms with Crippen LogP contribution in [0.25, 0.3) is 0 Å². The van der Waals surface area contributed by atoms with E-state index in [9.17, 15) is 9.59 Å². The van der Waals surface area contributed by atoms with E-state index in [0.29, 0.717) is 18.8 Å². The third-order valence-electron chi connectivity index (χ3n) is 3.56. The highest BCUT2D eigenvalue weighted by Gasteiger charge is 2.19. The number of carbonyl (C=O) groups excluding carboxylic acids is 2. The molecule has 0 saturated heterocycles. The number of aryl methyl sites for hydroxylation is 1. The quantitative estimate of drug-likeness (QED) is 0.859. The lowest BCUT2D eigenvalue weighted by Gasteiger charge is -2.17. The third kappa shape index (κ3) is 4.59. The van der Waals surface area contributed by atoms with Gasteiger partial charge in [0.2, 0.25) is 0 Å². The van der Waals surface area contributed by atoms with Crippen molar-refractivity contribution in [2.24, 2.45) is 0 Å². The normalized spacial score (nSPS) is 10.1. The average Bonchev–Trinajstić information content (AvgIpc) is 2.57. The van der Waals surface area contributed by atoms with Crippen molar-refractivity contribution in [2.75, 3.05) is 19.0 Å². The maximum absolute atomic E-state index is 12.2. The molecular weight excluding hydrogens is 304 g/mol. The van der Waals surface area contributed by atoms with E-state index in [1.54, 1.807) is 19.2 Å². The molecule has 0 aliphatic carbocycles. The number of hydrogen-bond acceptors (Lipinski definition) is 3. The van der Waals surface area contributed by atoms with Crippen molar-refractivity contribution in [3.63, 3.8) is 0 Å². The smallest absolute Gasteiger partial charge is 0.313 e. The fourth-order valence-electron chi connectivity index (χ4n) is 2.31. The van der Waals surface area contributed by atoms with E-state index in [-0.39, 0.29) is 0 Å². The van der Waals surface area contributed by atoms with E-state index in [1.807, 2.05) is 50.2 Å². The summed E-state index contributed by atoms with van der Waals surface area (Å²) in [7, 11) is 1.61. The average molecular weight is 326 g/mol. The van der Waals surface area contributed by atoms with E-state index in [0.717, 1.165) is 16.9 Å². The van der Waals surface area contributed by atoms with Crippen molar-refractivity contribution in [2.45, 2.75) is 20.4 Å². The Morgan fingerprint density at radius 3 is 2.46 bits per heavy atom. The van der Waals surface area contributed by atoms with E-state index >= 15 is 0 Å². The summed E-state index contributed by atoms with van der Waals surface area (Å²) in [6.45, 7) is 4.73. The van der Waals surface area contributed by atoms with Gasteiger partial charge in [0.1, 0.15) is 5.75 Å². The molecule has 0 spiro atoms. The molecule has 0 unspecified atom stereocenters. The zero-order valence-electron chi connectivity index (χ0n) is 14.2. The number of amides is 2. The van der Waals surface area contributed by atoms with Crippen LogP contribution >= 0.6 is 0 Å².